The Morgan fingerprint density at radius 3 is 2.95 bits per heavy atom. The highest BCUT2D eigenvalue weighted by molar-refractivity contribution is 5.83. The van der Waals surface area contributed by atoms with Gasteiger partial charge in [-0.2, -0.15) is 0 Å². The molecule has 0 aliphatic carbocycles. The molecule has 1 aliphatic heterocycles. The second-order valence-electron chi connectivity index (χ2n) is 4.26. The van der Waals surface area contributed by atoms with Crippen LogP contribution in [0.4, 0.5) is 4.79 Å². The number of carboxylic acids is 1. The fourth-order valence-electron chi connectivity index (χ4n) is 1.96. The fraction of sp³-hybridized carbons (Fsp3) is 0.455. The Morgan fingerprint density at radius 2 is 2.32 bits per heavy atom. The van der Waals surface area contributed by atoms with Crippen LogP contribution in [0.1, 0.15) is 12.1 Å². The van der Waals surface area contributed by atoms with Gasteiger partial charge in [0.15, 0.2) is 0 Å². The lowest BCUT2D eigenvalue weighted by molar-refractivity contribution is -0.141. The maximum atomic E-state index is 11.9. The Hall–Kier alpha value is -2.22. The van der Waals surface area contributed by atoms with Crippen molar-refractivity contribution in [3.05, 3.63) is 24.3 Å². The smallest absolute Gasteiger partial charge is 0.326 e. The minimum Gasteiger partial charge on any atom is -0.480 e. The average Bonchev–Trinajstić information content (AvgIpc) is 2.79. The van der Waals surface area contributed by atoms with E-state index < -0.39 is 24.1 Å². The van der Waals surface area contributed by atoms with Crippen LogP contribution in [0.5, 0.6) is 0 Å². The van der Waals surface area contributed by atoms with Crippen molar-refractivity contribution in [3.8, 4) is 0 Å². The number of amides is 2. The first-order valence-electron chi connectivity index (χ1n) is 5.78. The number of carboxylic acid groups (broad SMARTS) is 1. The molecule has 1 aromatic heterocycles. The van der Waals surface area contributed by atoms with E-state index in [0.29, 0.717) is 5.69 Å². The van der Waals surface area contributed by atoms with Gasteiger partial charge in [0.1, 0.15) is 12.4 Å². The Balaban J connectivity index is 1.94. The van der Waals surface area contributed by atoms with Crippen molar-refractivity contribution in [3.63, 3.8) is 0 Å². The van der Waals surface area contributed by atoms with E-state index in [2.05, 4.69) is 15.3 Å². The number of carbonyl (C=O) groups excluding carboxylic acids is 1. The van der Waals surface area contributed by atoms with Gasteiger partial charge in [0.2, 0.25) is 0 Å². The third kappa shape index (κ3) is 3.16. The Bertz CT molecular complexity index is 467. The van der Waals surface area contributed by atoms with E-state index in [1.165, 1.54) is 6.33 Å². The molecule has 1 aliphatic rings. The molecule has 3 N–H and O–H groups in total. The lowest BCUT2D eigenvalue weighted by Gasteiger charge is -2.21. The van der Waals surface area contributed by atoms with Gasteiger partial charge in [0, 0.05) is 19.2 Å². The summed E-state index contributed by atoms with van der Waals surface area (Å²) < 4.78 is 0. The molecule has 8 heteroatoms. The molecule has 2 heterocycles. The van der Waals surface area contributed by atoms with E-state index in [1.807, 2.05) is 0 Å². The van der Waals surface area contributed by atoms with Gasteiger partial charge in [-0.05, 0) is 6.07 Å². The van der Waals surface area contributed by atoms with Crippen molar-refractivity contribution >= 4 is 12.0 Å². The van der Waals surface area contributed by atoms with Crippen LogP contribution < -0.4 is 5.32 Å². The number of hydrogen-bond donors (Lipinski definition) is 3. The van der Waals surface area contributed by atoms with Gasteiger partial charge in [0.25, 0.3) is 0 Å². The number of carbonyl (C=O) groups is 2. The molecule has 8 nitrogen and oxygen atoms in total. The number of aliphatic hydroxyl groups excluding tert-OH is 1. The predicted octanol–water partition coefficient (Wildman–Crippen LogP) is -0.794. The van der Waals surface area contributed by atoms with Crippen molar-refractivity contribution in [2.24, 2.45) is 0 Å². The summed E-state index contributed by atoms with van der Waals surface area (Å²) in [6.45, 7) is 0.201. The lowest BCUT2D eigenvalue weighted by atomic mass is 10.2. The molecule has 1 aromatic rings. The minimum absolute atomic E-state index is 0.0204. The zero-order valence-corrected chi connectivity index (χ0v) is 10.1. The molecule has 0 radical (unpaired) electrons. The highest BCUT2D eigenvalue weighted by Gasteiger charge is 2.38. The molecular formula is C11H14N4O4. The maximum absolute atomic E-state index is 11.9. The summed E-state index contributed by atoms with van der Waals surface area (Å²) in [5.41, 5.74) is 0.620. The van der Waals surface area contributed by atoms with E-state index in [1.54, 1.807) is 12.3 Å². The number of β-amino-alcohol motifs (C(OH)–C–C–N with tert-alkyl or cyclic N) is 1. The van der Waals surface area contributed by atoms with Crippen LogP contribution in [-0.4, -0.2) is 55.8 Å². The van der Waals surface area contributed by atoms with Gasteiger partial charge in [0.05, 0.1) is 18.3 Å². The number of urea groups is 1. The van der Waals surface area contributed by atoms with Gasteiger partial charge >= 0.3 is 12.0 Å². The third-order valence-electron chi connectivity index (χ3n) is 2.89. The maximum Gasteiger partial charge on any atom is 0.326 e. The van der Waals surface area contributed by atoms with Crippen LogP contribution in [0.2, 0.25) is 0 Å². The van der Waals surface area contributed by atoms with Crippen molar-refractivity contribution in [1.82, 2.24) is 20.2 Å². The molecule has 0 saturated carbocycles. The second-order valence-corrected chi connectivity index (χ2v) is 4.26. The molecule has 102 valence electrons. The fourth-order valence-corrected chi connectivity index (χ4v) is 1.96. The van der Waals surface area contributed by atoms with Gasteiger partial charge in [-0.25, -0.2) is 19.6 Å². The minimum atomic E-state index is -1.12. The van der Waals surface area contributed by atoms with Crippen molar-refractivity contribution in [2.45, 2.75) is 25.1 Å². The molecule has 0 bridgehead atoms. The summed E-state index contributed by atoms with van der Waals surface area (Å²) >= 11 is 0. The van der Waals surface area contributed by atoms with Crippen LogP contribution in [0, 0.1) is 0 Å². The van der Waals surface area contributed by atoms with Crippen LogP contribution in [-0.2, 0) is 11.3 Å². The normalized spacial score (nSPS) is 22.3. The van der Waals surface area contributed by atoms with Gasteiger partial charge in [-0.15, -0.1) is 0 Å². The van der Waals surface area contributed by atoms with E-state index in [9.17, 15) is 14.7 Å². The Kier molecular flexibility index (Phi) is 3.91. The van der Waals surface area contributed by atoms with E-state index in [4.69, 9.17) is 5.11 Å². The van der Waals surface area contributed by atoms with Crippen LogP contribution >= 0.6 is 0 Å². The number of aliphatic carboxylic acids is 1. The molecule has 0 unspecified atom stereocenters. The molecule has 2 rings (SSSR count). The molecule has 1 saturated heterocycles. The molecular weight excluding hydrogens is 252 g/mol. The largest absolute Gasteiger partial charge is 0.480 e. The quantitative estimate of drug-likeness (QED) is 0.660. The summed E-state index contributed by atoms with van der Waals surface area (Å²) in [4.78, 5) is 31.7. The third-order valence-corrected chi connectivity index (χ3v) is 2.89. The molecule has 19 heavy (non-hydrogen) atoms. The molecule has 2 amide bonds. The second kappa shape index (κ2) is 5.61. The number of likely N-dealkylation sites (tertiary alicyclic amines) is 1. The summed E-state index contributed by atoms with van der Waals surface area (Å²) in [5.74, 6) is -1.12. The first-order chi connectivity index (χ1) is 9.08. The highest BCUT2D eigenvalue weighted by Crippen LogP contribution is 2.18. The first kappa shape index (κ1) is 13.2. The number of aromatic nitrogens is 2. The van der Waals surface area contributed by atoms with Crippen LogP contribution in [0.25, 0.3) is 0 Å². The van der Waals surface area contributed by atoms with E-state index >= 15 is 0 Å². The zero-order valence-electron chi connectivity index (χ0n) is 10.1. The Morgan fingerprint density at radius 1 is 1.53 bits per heavy atom. The summed E-state index contributed by atoms with van der Waals surface area (Å²) in [7, 11) is 0. The number of hydrogen-bond acceptors (Lipinski definition) is 5. The number of aliphatic hydroxyl groups is 1. The summed E-state index contributed by atoms with van der Waals surface area (Å²) in [6, 6.07) is 0.135. The lowest BCUT2D eigenvalue weighted by Crippen LogP contribution is -2.46. The molecule has 1 fully saturated rings. The topological polar surface area (TPSA) is 116 Å². The van der Waals surface area contributed by atoms with Crippen molar-refractivity contribution in [1.29, 1.82) is 0 Å². The summed E-state index contributed by atoms with van der Waals surface area (Å²) in [6.07, 6.45) is 2.16. The van der Waals surface area contributed by atoms with Gasteiger partial charge in [-0.1, -0.05) is 0 Å². The first-order valence-corrected chi connectivity index (χ1v) is 5.78. The monoisotopic (exact) mass is 266 g/mol. The zero-order chi connectivity index (χ0) is 13.8. The van der Waals surface area contributed by atoms with Crippen molar-refractivity contribution in [2.75, 3.05) is 6.54 Å². The summed E-state index contributed by atoms with van der Waals surface area (Å²) in [5, 5.41) is 21.0. The SMILES string of the molecule is O=C(O)[C@@H]1C[C@H](O)CN1C(=O)NCc1ccncn1. The van der Waals surface area contributed by atoms with Gasteiger partial charge < -0.3 is 20.4 Å². The van der Waals surface area contributed by atoms with Gasteiger partial charge in [-0.3, -0.25) is 0 Å². The molecule has 2 atom stereocenters. The standard InChI is InChI=1S/C11H14N4O4/c16-8-3-9(10(17)18)15(5-8)11(19)13-4-7-1-2-12-6-14-7/h1-2,6,8-9,16H,3-5H2,(H,13,19)(H,17,18)/t8-,9-/m0/s1. The number of nitrogens with one attached hydrogen (secondary N) is 1. The number of nitrogens with zero attached hydrogens (tertiary/aromatic N) is 3. The Labute approximate surface area is 109 Å². The van der Waals surface area contributed by atoms with Crippen LogP contribution in [0.3, 0.4) is 0 Å². The molecule has 0 spiro atoms. The van der Waals surface area contributed by atoms with Crippen LogP contribution in [0.15, 0.2) is 18.6 Å². The van der Waals surface area contributed by atoms with Crippen molar-refractivity contribution < 1.29 is 19.8 Å². The predicted molar refractivity (Wildman–Crippen MR) is 63.0 cm³/mol. The number of rotatable bonds is 3. The highest BCUT2D eigenvalue weighted by atomic mass is 16.4. The molecule has 0 aromatic carbocycles. The average molecular weight is 266 g/mol. The van der Waals surface area contributed by atoms with E-state index in [0.717, 1.165) is 4.90 Å². The van der Waals surface area contributed by atoms with E-state index in [-0.39, 0.29) is 19.5 Å².